The van der Waals surface area contributed by atoms with Crippen molar-refractivity contribution >= 4 is 5.97 Å². The average Bonchev–Trinajstić information content (AvgIpc) is 3.68. The lowest BCUT2D eigenvalue weighted by Crippen LogP contribution is -2.20. The van der Waals surface area contributed by atoms with E-state index in [9.17, 15) is 9.18 Å². The molecule has 178 valence electrons. The van der Waals surface area contributed by atoms with Crippen molar-refractivity contribution < 1.29 is 23.4 Å². The summed E-state index contributed by atoms with van der Waals surface area (Å²) in [5.74, 6) is 2.80. The zero-order valence-electron chi connectivity index (χ0n) is 19.7. The van der Waals surface area contributed by atoms with Crippen LogP contribution in [0.2, 0.25) is 0 Å². The normalized spacial score (nSPS) is 21.3. The Kier molecular flexibility index (Phi) is 7.89. The third-order valence-electron chi connectivity index (χ3n) is 7.14. The van der Waals surface area contributed by atoms with E-state index in [0.717, 1.165) is 37.0 Å². The summed E-state index contributed by atoms with van der Waals surface area (Å²) in [7, 11) is 1.62. The van der Waals surface area contributed by atoms with Crippen LogP contribution in [0.15, 0.2) is 42.5 Å². The molecule has 33 heavy (non-hydrogen) atoms. The van der Waals surface area contributed by atoms with Gasteiger partial charge >= 0.3 is 5.97 Å². The van der Waals surface area contributed by atoms with Gasteiger partial charge in [-0.05, 0) is 111 Å². The Morgan fingerprint density at radius 2 is 1.82 bits per heavy atom. The minimum Gasteiger partial charge on any atom is -0.497 e. The fourth-order valence-electron chi connectivity index (χ4n) is 5.11. The number of hydrogen-bond donors (Lipinski definition) is 0. The molecule has 5 heteroatoms. The SMILES string of the molecule is CCOC(=O)C[C@@H](c1cccc(OCC2CCC(c3cc(OC)ccc3F)CC2)c1)C1CC1. The van der Waals surface area contributed by atoms with Crippen molar-refractivity contribution in [1.82, 2.24) is 0 Å². The summed E-state index contributed by atoms with van der Waals surface area (Å²) in [4.78, 5) is 12.1. The minimum absolute atomic E-state index is 0.120. The van der Waals surface area contributed by atoms with E-state index in [4.69, 9.17) is 14.2 Å². The number of ether oxygens (including phenoxy) is 3. The molecule has 4 nitrogen and oxygen atoms in total. The standard InChI is InChI=1S/C28H35FO4/c1-3-32-28(30)17-25(20-11-12-20)22-5-4-6-24(15-22)33-18-19-7-9-21(10-8-19)26-16-23(31-2)13-14-27(26)29/h4-6,13-16,19-21,25H,3,7-12,17-18H2,1-2H3/t19?,21?,25-/m1/s1. The van der Waals surface area contributed by atoms with E-state index in [0.29, 0.717) is 37.2 Å². The Morgan fingerprint density at radius 1 is 1.03 bits per heavy atom. The number of rotatable bonds is 10. The van der Waals surface area contributed by atoms with Crippen LogP contribution in [0.1, 0.15) is 74.8 Å². The van der Waals surface area contributed by atoms with Crippen LogP contribution in [0, 0.1) is 17.7 Å². The molecule has 0 radical (unpaired) electrons. The number of carbonyl (C=O) groups excluding carboxylic acids is 1. The molecule has 0 spiro atoms. The van der Waals surface area contributed by atoms with Gasteiger partial charge in [-0.1, -0.05) is 12.1 Å². The molecule has 2 aliphatic rings. The molecule has 4 rings (SSSR count). The highest BCUT2D eigenvalue weighted by Gasteiger charge is 2.34. The van der Waals surface area contributed by atoms with Gasteiger partial charge in [0.2, 0.25) is 0 Å². The molecule has 0 amide bonds. The molecule has 2 fully saturated rings. The predicted molar refractivity (Wildman–Crippen MR) is 126 cm³/mol. The molecule has 1 atom stereocenters. The Morgan fingerprint density at radius 3 is 2.52 bits per heavy atom. The number of benzene rings is 2. The molecule has 0 aromatic heterocycles. The molecule has 0 saturated heterocycles. The first-order valence-electron chi connectivity index (χ1n) is 12.3. The van der Waals surface area contributed by atoms with Crippen molar-refractivity contribution in [3.8, 4) is 11.5 Å². The number of carbonyl (C=O) groups is 1. The quantitative estimate of drug-likeness (QED) is 0.378. The molecule has 2 saturated carbocycles. The third-order valence-corrected chi connectivity index (χ3v) is 7.14. The van der Waals surface area contributed by atoms with Gasteiger partial charge in [0.05, 0.1) is 26.7 Å². The van der Waals surface area contributed by atoms with Crippen LogP contribution in [-0.4, -0.2) is 26.3 Å². The molecule has 2 aliphatic carbocycles. The Bertz CT molecular complexity index is 931. The second kappa shape index (κ2) is 11.0. The van der Waals surface area contributed by atoms with Crippen LogP contribution in [0.5, 0.6) is 11.5 Å². The van der Waals surface area contributed by atoms with Crippen LogP contribution in [0.25, 0.3) is 0 Å². The van der Waals surface area contributed by atoms with E-state index >= 15 is 0 Å². The fourth-order valence-corrected chi connectivity index (χ4v) is 5.11. The maximum absolute atomic E-state index is 14.3. The van der Waals surface area contributed by atoms with E-state index < -0.39 is 0 Å². The zero-order chi connectivity index (χ0) is 23.2. The molecule has 2 aromatic carbocycles. The summed E-state index contributed by atoms with van der Waals surface area (Å²) in [6.45, 7) is 2.94. The largest absolute Gasteiger partial charge is 0.497 e. The summed E-state index contributed by atoms with van der Waals surface area (Å²) >= 11 is 0. The van der Waals surface area contributed by atoms with Gasteiger partial charge in [0.15, 0.2) is 0 Å². The van der Waals surface area contributed by atoms with Gasteiger partial charge in [-0.25, -0.2) is 4.39 Å². The molecule has 0 bridgehead atoms. The Hall–Kier alpha value is -2.56. The highest BCUT2D eigenvalue weighted by Crippen LogP contribution is 2.45. The van der Waals surface area contributed by atoms with Gasteiger partial charge in [0.1, 0.15) is 17.3 Å². The average molecular weight is 455 g/mol. The van der Waals surface area contributed by atoms with E-state index in [1.165, 1.54) is 24.5 Å². The Balaban J connectivity index is 1.31. The first kappa shape index (κ1) is 23.6. The van der Waals surface area contributed by atoms with Crippen molar-refractivity contribution in [3.05, 3.63) is 59.4 Å². The molecule has 0 aliphatic heterocycles. The molecule has 0 unspecified atom stereocenters. The van der Waals surface area contributed by atoms with E-state index in [-0.39, 0.29) is 23.6 Å². The summed E-state index contributed by atoms with van der Waals surface area (Å²) < 4.78 is 31.0. The summed E-state index contributed by atoms with van der Waals surface area (Å²) in [6, 6.07) is 13.2. The Labute approximate surface area is 196 Å². The van der Waals surface area contributed by atoms with Crippen molar-refractivity contribution in [2.24, 2.45) is 11.8 Å². The molecular weight excluding hydrogens is 419 g/mol. The number of esters is 1. The van der Waals surface area contributed by atoms with Crippen molar-refractivity contribution in [2.45, 2.75) is 63.7 Å². The van der Waals surface area contributed by atoms with Gasteiger partial charge in [-0.2, -0.15) is 0 Å². The van der Waals surface area contributed by atoms with Gasteiger partial charge in [-0.15, -0.1) is 0 Å². The first-order valence-corrected chi connectivity index (χ1v) is 12.3. The van der Waals surface area contributed by atoms with Crippen molar-refractivity contribution in [3.63, 3.8) is 0 Å². The van der Waals surface area contributed by atoms with Crippen LogP contribution in [0.4, 0.5) is 4.39 Å². The van der Waals surface area contributed by atoms with Crippen LogP contribution >= 0.6 is 0 Å². The number of halogens is 1. The van der Waals surface area contributed by atoms with E-state index in [1.807, 2.05) is 25.1 Å². The molecule has 0 heterocycles. The lowest BCUT2D eigenvalue weighted by molar-refractivity contribution is -0.143. The van der Waals surface area contributed by atoms with Gasteiger partial charge in [0.25, 0.3) is 0 Å². The highest BCUT2D eigenvalue weighted by atomic mass is 19.1. The predicted octanol–water partition coefficient (Wildman–Crippen LogP) is 6.63. The topological polar surface area (TPSA) is 44.8 Å². The van der Waals surface area contributed by atoms with Crippen molar-refractivity contribution in [2.75, 3.05) is 20.3 Å². The van der Waals surface area contributed by atoms with Crippen LogP contribution in [0.3, 0.4) is 0 Å². The van der Waals surface area contributed by atoms with Crippen LogP contribution < -0.4 is 9.47 Å². The van der Waals surface area contributed by atoms with Gasteiger partial charge < -0.3 is 14.2 Å². The van der Waals surface area contributed by atoms with E-state index in [2.05, 4.69) is 12.1 Å². The summed E-state index contributed by atoms with van der Waals surface area (Å²) in [5, 5.41) is 0. The zero-order valence-corrected chi connectivity index (χ0v) is 19.7. The highest BCUT2D eigenvalue weighted by molar-refractivity contribution is 5.70. The van der Waals surface area contributed by atoms with Crippen molar-refractivity contribution in [1.29, 1.82) is 0 Å². The fraction of sp³-hybridized carbons (Fsp3) is 0.536. The van der Waals surface area contributed by atoms with Crippen LogP contribution in [-0.2, 0) is 9.53 Å². The first-order chi connectivity index (χ1) is 16.1. The van der Waals surface area contributed by atoms with E-state index in [1.54, 1.807) is 13.2 Å². The summed E-state index contributed by atoms with van der Waals surface area (Å²) in [5.41, 5.74) is 1.94. The second-order valence-electron chi connectivity index (χ2n) is 9.44. The lowest BCUT2D eigenvalue weighted by Gasteiger charge is -2.29. The minimum atomic E-state index is -0.139. The number of methoxy groups -OCH3 is 1. The molecule has 2 aromatic rings. The molecule has 0 N–H and O–H groups in total. The van der Waals surface area contributed by atoms with Gasteiger partial charge in [0, 0.05) is 0 Å². The maximum Gasteiger partial charge on any atom is 0.306 e. The third kappa shape index (κ3) is 6.27. The maximum atomic E-state index is 14.3. The number of hydrogen-bond acceptors (Lipinski definition) is 4. The smallest absolute Gasteiger partial charge is 0.306 e. The second-order valence-corrected chi connectivity index (χ2v) is 9.44. The summed E-state index contributed by atoms with van der Waals surface area (Å²) in [6.07, 6.45) is 6.75. The van der Waals surface area contributed by atoms with Gasteiger partial charge in [-0.3, -0.25) is 4.79 Å². The monoisotopic (exact) mass is 454 g/mol. The lowest BCUT2D eigenvalue weighted by atomic mass is 9.79. The molecular formula is C28H35FO4.